The van der Waals surface area contributed by atoms with E-state index in [1.54, 1.807) is 0 Å². The minimum Gasteiger partial charge on any atom is -0.469 e. The third-order valence-electron chi connectivity index (χ3n) is 2.50. The minimum atomic E-state index is -0.454. The zero-order valence-electron chi connectivity index (χ0n) is 11.8. The lowest BCUT2D eigenvalue weighted by Crippen LogP contribution is -2.27. The molecule has 2 nitrogen and oxygen atoms in total. The van der Waals surface area contributed by atoms with E-state index in [9.17, 15) is 4.79 Å². The Morgan fingerprint density at radius 2 is 1.65 bits per heavy atom. The molecule has 0 spiro atoms. The Labute approximate surface area is 105 Å². The molecule has 96 valence electrons. The lowest BCUT2D eigenvalue weighted by atomic mass is 9.86. The molecule has 0 amide bonds. The Morgan fingerprint density at radius 3 is 2.06 bits per heavy atom. The fourth-order valence-corrected chi connectivity index (χ4v) is 1.56. The summed E-state index contributed by atoms with van der Waals surface area (Å²) in [4.78, 5) is 11.5. The van der Waals surface area contributed by atoms with Gasteiger partial charge in [0.15, 0.2) is 0 Å². The van der Waals surface area contributed by atoms with Gasteiger partial charge in [0.2, 0.25) is 0 Å². The summed E-state index contributed by atoms with van der Waals surface area (Å²) in [6.45, 7) is 9.85. The van der Waals surface area contributed by atoms with Crippen molar-refractivity contribution in [2.45, 2.75) is 41.0 Å². The van der Waals surface area contributed by atoms with Gasteiger partial charge in [-0.05, 0) is 32.8 Å². The van der Waals surface area contributed by atoms with Gasteiger partial charge in [-0.2, -0.15) is 0 Å². The molecule has 0 saturated carbocycles. The van der Waals surface area contributed by atoms with E-state index in [1.165, 1.54) is 12.7 Å². The van der Waals surface area contributed by atoms with Crippen LogP contribution in [0.4, 0.5) is 0 Å². The smallest absolute Gasteiger partial charge is 0.311 e. The van der Waals surface area contributed by atoms with E-state index in [-0.39, 0.29) is 5.97 Å². The number of aryl methyl sites for hydroxylation is 1. The fraction of sp³-hybridized carbons (Fsp3) is 0.533. The Hall–Kier alpha value is -1.31. The molecule has 0 N–H and O–H groups in total. The monoisotopic (exact) mass is 236 g/mol. The summed E-state index contributed by atoms with van der Waals surface area (Å²) in [6.07, 6.45) is 0.708. The summed E-state index contributed by atoms with van der Waals surface area (Å²) < 4.78 is 4.77. The Kier molecular flexibility index (Phi) is 6.55. The molecule has 17 heavy (non-hydrogen) atoms. The second-order valence-corrected chi connectivity index (χ2v) is 4.54. The van der Waals surface area contributed by atoms with Crippen LogP contribution >= 0.6 is 0 Å². The number of ether oxygens (including phenoxy) is 1. The van der Waals surface area contributed by atoms with Crippen LogP contribution in [0.3, 0.4) is 0 Å². The molecular weight excluding hydrogens is 212 g/mol. The summed E-state index contributed by atoms with van der Waals surface area (Å²) in [5.41, 5.74) is 1.94. The van der Waals surface area contributed by atoms with Gasteiger partial charge in [-0.1, -0.05) is 43.7 Å². The normalized spacial score (nSPS) is 10.2. The molecule has 1 aromatic rings. The zero-order valence-corrected chi connectivity index (χ0v) is 11.8. The highest BCUT2D eigenvalue weighted by Gasteiger charge is 2.28. The first-order chi connectivity index (χ1) is 7.95. The molecule has 0 atom stereocenters. The molecular formula is C15H24O2. The lowest BCUT2D eigenvalue weighted by Gasteiger charge is -2.21. The third-order valence-corrected chi connectivity index (χ3v) is 2.50. The van der Waals surface area contributed by atoms with Crippen LogP contribution in [-0.4, -0.2) is 13.1 Å². The highest BCUT2D eigenvalue weighted by molar-refractivity contribution is 5.76. The number of carbonyl (C=O) groups is 1. The first kappa shape index (κ1) is 15.7. The summed E-state index contributed by atoms with van der Waals surface area (Å²) in [5.74, 6) is -0.164. The molecule has 0 aromatic heterocycles. The number of esters is 1. The molecule has 0 bridgehead atoms. The summed E-state index contributed by atoms with van der Waals surface area (Å²) in [5, 5.41) is 0. The summed E-state index contributed by atoms with van der Waals surface area (Å²) in [7, 11) is 1.43. The van der Waals surface area contributed by atoms with Crippen LogP contribution < -0.4 is 0 Å². The molecule has 0 fully saturated rings. The summed E-state index contributed by atoms with van der Waals surface area (Å²) in [6, 6.07) is 8.23. The van der Waals surface area contributed by atoms with Gasteiger partial charge in [-0.15, -0.1) is 0 Å². The second kappa shape index (κ2) is 7.10. The maximum Gasteiger partial charge on any atom is 0.311 e. The van der Waals surface area contributed by atoms with Crippen molar-refractivity contribution in [1.29, 1.82) is 0 Å². The van der Waals surface area contributed by atoms with Crippen LogP contribution in [0.1, 0.15) is 38.8 Å². The van der Waals surface area contributed by atoms with Crippen LogP contribution in [0.2, 0.25) is 0 Å². The quantitative estimate of drug-likeness (QED) is 0.747. The summed E-state index contributed by atoms with van der Waals surface area (Å²) >= 11 is 0. The number of hydrogen-bond acceptors (Lipinski definition) is 2. The van der Waals surface area contributed by atoms with Gasteiger partial charge in [-0.3, -0.25) is 4.79 Å². The zero-order chi connectivity index (χ0) is 13.5. The Bertz CT molecular complexity index is 336. The van der Waals surface area contributed by atoms with Crippen molar-refractivity contribution in [3.8, 4) is 0 Å². The van der Waals surface area contributed by atoms with Crippen molar-refractivity contribution >= 4 is 5.97 Å². The molecule has 0 aliphatic heterocycles. The van der Waals surface area contributed by atoms with Gasteiger partial charge >= 0.3 is 5.97 Å². The van der Waals surface area contributed by atoms with Gasteiger partial charge in [0, 0.05) is 0 Å². The average Bonchev–Trinajstić information content (AvgIpc) is 2.33. The maximum atomic E-state index is 11.5. The first-order valence-electron chi connectivity index (χ1n) is 6.09. The van der Waals surface area contributed by atoms with Crippen molar-refractivity contribution < 1.29 is 9.53 Å². The number of carbonyl (C=O) groups excluding carboxylic acids is 1. The van der Waals surface area contributed by atoms with Crippen molar-refractivity contribution in [1.82, 2.24) is 0 Å². The predicted octanol–water partition coefficient (Wildman–Crippen LogP) is 3.76. The molecule has 0 aliphatic carbocycles. The van der Waals surface area contributed by atoms with Crippen molar-refractivity contribution in [3.63, 3.8) is 0 Å². The van der Waals surface area contributed by atoms with E-state index < -0.39 is 5.41 Å². The molecule has 0 saturated heterocycles. The molecule has 0 radical (unpaired) electrons. The van der Waals surface area contributed by atoms with Crippen molar-refractivity contribution in [2.24, 2.45) is 5.41 Å². The SMILES string of the molecule is CC.COC(=O)C(C)(C)Cc1ccc(C)cc1. The van der Waals surface area contributed by atoms with Gasteiger partial charge < -0.3 is 4.74 Å². The van der Waals surface area contributed by atoms with Crippen LogP contribution in [0, 0.1) is 12.3 Å². The van der Waals surface area contributed by atoms with E-state index in [1.807, 2.05) is 27.7 Å². The van der Waals surface area contributed by atoms with Crippen LogP contribution in [0.5, 0.6) is 0 Å². The molecule has 0 unspecified atom stereocenters. The average molecular weight is 236 g/mol. The topological polar surface area (TPSA) is 26.3 Å². The standard InChI is InChI=1S/C13H18O2.C2H6/c1-10-5-7-11(8-6-10)9-13(2,3)12(14)15-4;1-2/h5-8H,9H2,1-4H3;1-2H3. The second-order valence-electron chi connectivity index (χ2n) is 4.54. The lowest BCUT2D eigenvalue weighted by molar-refractivity contribution is -0.150. The highest BCUT2D eigenvalue weighted by Crippen LogP contribution is 2.23. The number of methoxy groups -OCH3 is 1. The fourth-order valence-electron chi connectivity index (χ4n) is 1.56. The van der Waals surface area contributed by atoms with Crippen LogP contribution in [-0.2, 0) is 16.0 Å². The van der Waals surface area contributed by atoms with Crippen molar-refractivity contribution in [3.05, 3.63) is 35.4 Å². The number of benzene rings is 1. The Morgan fingerprint density at radius 1 is 1.18 bits per heavy atom. The largest absolute Gasteiger partial charge is 0.469 e. The van der Waals surface area contributed by atoms with Gasteiger partial charge in [0.05, 0.1) is 12.5 Å². The number of hydrogen-bond donors (Lipinski definition) is 0. The van der Waals surface area contributed by atoms with E-state index in [0.717, 1.165) is 5.56 Å². The Balaban J connectivity index is 0.00000121. The molecule has 2 heteroatoms. The van der Waals surface area contributed by atoms with Crippen molar-refractivity contribution in [2.75, 3.05) is 7.11 Å². The predicted molar refractivity (Wildman–Crippen MR) is 72.0 cm³/mol. The van der Waals surface area contributed by atoms with Crippen LogP contribution in [0.15, 0.2) is 24.3 Å². The van der Waals surface area contributed by atoms with Crippen LogP contribution in [0.25, 0.3) is 0 Å². The van der Waals surface area contributed by atoms with Gasteiger partial charge in [0.1, 0.15) is 0 Å². The third kappa shape index (κ3) is 5.03. The molecule has 0 aliphatic rings. The minimum absolute atomic E-state index is 0.164. The maximum absolute atomic E-state index is 11.5. The first-order valence-corrected chi connectivity index (χ1v) is 6.09. The van der Waals surface area contributed by atoms with Gasteiger partial charge in [-0.25, -0.2) is 0 Å². The molecule has 0 heterocycles. The molecule has 1 rings (SSSR count). The number of rotatable bonds is 3. The van der Waals surface area contributed by atoms with Gasteiger partial charge in [0.25, 0.3) is 0 Å². The van der Waals surface area contributed by atoms with E-state index in [2.05, 4.69) is 31.2 Å². The van der Waals surface area contributed by atoms with E-state index in [4.69, 9.17) is 4.74 Å². The van der Waals surface area contributed by atoms with E-state index >= 15 is 0 Å². The highest BCUT2D eigenvalue weighted by atomic mass is 16.5. The van der Waals surface area contributed by atoms with E-state index in [0.29, 0.717) is 6.42 Å². The molecule has 1 aromatic carbocycles.